The van der Waals surface area contributed by atoms with Crippen LogP contribution in [0.1, 0.15) is 47.4 Å². The van der Waals surface area contributed by atoms with Gasteiger partial charge in [-0.15, -0.1) is 0 Å². The van der Waals surface area contributed by atoms with Gasteiger partial charge in [-0.2, -0.15) is 0 Å². The zero-order chi connectivity index (χ0) is 21.0. The monoisotopic (exact) mass is 391 g/mol. The molecule has 3 amide bonds. The van der Waals surface area contributed by atoms with Gasteiger partial charge in [-0.25, -0.2) is 9.59 Å². The van der Waals surface area contributed by atoms with Crippen molar-refractivity contribution in [3.8, 4) is 0 Å². The van der Waals surface area contributed by atoms with E-state index in [4.69, 9.17) is 0 Å². The highest BCUT2D eigenvalue weighted by Gasteiger charge is 2.36. The molecule has 150 valence electrons. The molecule has 1 aromatic rings. The number of benzene rings is 1. The van der Waals surface area contributed by atoms with Gasteiger partial charge in [0.2, 0.25) is 11.8 Å². The third-order valence-electron chi connectivity index (χ3n) is 4.37. The molecule has 0 spiro atoms. The number of aromatic carboxylic acids is 1. The summed E-state index contributed by atoms with van der Waals surface area (Å²) in [7, 11) is 0. The molecule has 0 aromatic heterocycles. The minimum absolute atomic E-state index is 0.0443. The average Bonchev–Trinajstić information content (AvgIpc) is 3.09. The highest BCUT2D eigenvalue weighted by Crippen LogP contribution is 2.22. The molecule has 0 radical (unpaired) electrons. The van der Waals surface area contributed by atoms with Crippen molar-refractivity contribution in [3.63, 3.8) is 0 Å². The molecule has 2 unspecified atom stereocenters. The van der Waals surface area contributed by atoms with Crippen molar-refractivity contribution >= 4 is 35.3 Å². The molecule has 2 rings (SSSR count). The highest BCUT2D eigenvalue weighted by atomic mass is 16.4. The van der Waals surface area contributed by atoms with Crippen LogP contribution in [0.2, 0.25) is 0 Å². The van der Waals surface area contributed by atoms with E-state index in [9.17, 15) is 34.2 Å². The summed E-state index contributed by atoms with van der Waals surface area (Å²) in [6.07, 6.45) is 0.884. The Kier molecular flexibility index (Phi) is 6.34. The molecule has 0 saturated carbocycles. The largest absolute Gasteiger partial charge is 0.480 e. The third-order valence-corrected chi connectivity index (χ3v) is 4.37. The van der Waals surface area contributed by atoms with Gasteiger partial charge in [0, 0.05) is 13.5 Å². The lowest BCUT2D eigenvalue weighted by Gasteiger charge is -2.25. The van der Waals surface area contributed by atoms with Crippen molar-refractivity contribution in [2.75, 3.05) is 11.9 Å². The second-order valence-electron chi connectivity index (χ2n) is 6.44. The molecule has 1 aromatic carbocycles. The molecule has 0 aliphatic carbocycles. The molecule has 1 heterocycles. The Labute approximate surface area is 160 Å². The van der Waals surface area contributed by atoms with Crippen molar-refractivity contribution in [2.24, 2.45) is 0 Å². The maximum Gasteiger partial charge on any atom is 0.338 e. The first-order valence-corrected chi connectivity index (χ1v) is 8.61. The van der Waals surface area contributed by atoms with Crippen LogP contribution in [0.25, 0.3) is 0 Å². The van der Waals surface area contributed by atoms with Crippen LogP contribution in [0.3, 0.4) is 0 Å². The predicted molar refractivity (Wildman–Crippen MR) is 97.0 cm³/mol. The lowest BCUT2D eigenvalue weighted by atomic mass is 10.0. The van der Waals surface area contributed by atoms with E-state index in [1.807, 2.05) is 0 Å². The van der Waals surface area contributed by atoms with Crippen molar-refractivity contribution in [1.29, 1.82) is 0 Å². The summed E-state index contributed by atoms with van der Waals surface area (Å²) in [5.41, 5.74) is -0.675. The highest BCUT2D eigenvalue weighted by molar-refractivity contribution is 6.10. The first-order chi connectivity index (χ1) is 13.1. The normalized spacial score (nSPS) is 16.9. The Morgan fingerprint density at radius 1 is 1.18 bits per heavy atom. The lowest BCUT2D eigenvalue weighted by Crippen LogP contribution is -2.50. The number of hydrogen-bond donors (Lipinski definition) is 4. The minimum atomic E-state index is -1.42. The first kappa shape index (κ1) is 20.9. The van der Waals surface area contributed by atoms with E-state index in [1.54, 1.807) is 0 Å². The van der Waals surface area contributed by atoms with Crippen LogP contribution in [0.5, 0.6) is 0 Å². The maximum atomic E-state index is 12.6. The summed E-state index contributed by atoms with van der Waals surface area (Å²) in [5.74, 6) is -4.42. The second kappa shape index (κ2) is 8.51. The molecule has 2 atom stereocenters. The fraction of sp³-hybridized carbons (Fsp3) is 0.389. The van der Waals surface area contributed by atoms with Crippen LogP contribution < -0.4 is 10.6 Å². The summed E-state index contributed by atoms with van der Waals surface area (Å²) in [5, 5.41) is 23.4. The minimum Gasteiger partial charge on any atom is -0.480 e. The Bertz CT molecular complexity index is 836. The average molecular weight is 391 g/mol. The maximum absolute atomic E-state index is 12.6. The standard InChI is InChI=1S/C18H21N3O7/c1-9(16(24)21-8-4-7-13(21)17(25)26)19-15(23)11-5-3-6-12(20-10(2)22)14(11)18(27)28/h3,5-6,9,13H,4,7-8H2,1-2H3,(H,19,23)(H,20,22)(H,25,26)(H,27,28). The number of carboxylic acid groups (broad SMARTS) is 2. The quantitative estimate of drug-likeness (QED) is 0.552. The van der Waals surface area contributed by atoms with Crippen LogP contribution in [0.4, 0.5) is 5.69 Å². The van der Waals surface area contributed by atoms with E-state index in [1.165, 1.54) is 36.9 Å². The molecule has 10 heteroatoms. The summed E-state index contributed by atoms with van der Waals surface area (Å²) >= 11 is 0. The Hall–Kier alpha value is -3.43. The van der Waals surface area contributed by atoms with E-state index in [2.05, 4.69) is 10.6 Å². The van der Waals surface area contributed by atoms with E-state index in [0.717, 1.165) is 0 Å². The number of aliphatic carboxylic acids is 1. The molecule has 1 aliphatic rings. The zero-order valence-corrected chi connectivity index (χ0v) is 15.4. The topological polar surface area (TPSA) is 153 Å². The Balaban J connectivity index is 2.22. The van der Waals surface area contributed by atoms with Gasteiger partial charge in [0.05, 0.1) is 16.8 Å². The van der Waals surface area contributed by atoms with Crippen molar-refractivity contribution in [2.45, 2.75) is 38.8 Å². The number of carboxylic acids is 2. The molecular weight excluding hydrogens is 370 g/mol. The van der Waals surface area contributed by atoms with Gasteiger partial charge in [-0.05, 0) is 31.9 Å². The Morgan fingerprint density at radius 3 is 2.43 bits per heavy atom. The number of carbonyl (C=O) groups excluding carboxylic acids is 3. The zero-order valence-electron chi connectivity index (χ0n) is 15.4. The number of anilines is 1. The van der Waals surface area contributed by atoms with Gasteiger partial charge in [0.1, 0.15) is 12.1 Å². The van der Waals surface area contributed by atoms with E-state index >= 15 is 0 Å². The van der Waals surface area contributed by atoms with Gasteiger partial charge in [0.15, 0.2) is 0 Å². The number of nitrogens with one attached hydrogen (secondary N) is 2. The van der Waals surface area contributed by atoms with Gasteiger partial charge < -0.3 is 25.7 Å². The first-order valence-electron chi connectivity index (χ1n) is 8.61. The van der Waals surface area contributed by atoms with E-state index in [0.29, 0.717) is 12.8 Å². The van der Waals surface area contributed by atoms with Crippen LogP contribution in [-0.2, 0) is 14.4 Å². The number of rotatable bonds is 6. The molecule has 0 bridgehead atoms. The predicted octanol–water partition coefficient (Wildman–Crippen LogP) is 0.537. The molecular formula is C18H21N3O7. The second-order valence-corrected chi connectivity index (χ2v) is 6.44. The van der Waals surface area contributed by atoms with Crippen molar-refractivity contribution in [1.82, 2.24) is 10.2 Å². The van der Waals surface area contributed by atoms with Gasteiger partial charge in [0.25, 0.3) is 5.91 Å². The molecule has 10 nitrogen and oxygen atoms in total. The third kappa shape index (κ3) is 4.45. The molecule has 28 heavy (non-hydrogen) atoms. The fourth-order valence-electron chi connectivity index (χ4n) is 3.14. The summed E-state index contributed by atoms with van der Waals surface area (Å²) in [4.78, 5) is 60.4. The summed E-state index contributed by atoms with van der Waals surface area (Å²) in [6, 6.07) is 2.01. The smallest absolute Gasteiger partial charge is 0.338 e. The van der Waals surface area contributed by atoms with Crippen LogP contribution in [0.15, 0.2) is 18.2 Å². The number of likely N-dealkylation sites (tertiary alicyclic amines) is 1. The number of nitrogens with zero attached hydrogens (tertiary/aromatic N) is 1. The van der Waals surface area contributed by atoms with Crippen LogP contribution in [-0.4, -0.2) is 63.4 Å². The molecule has 1 saturated heterocycles. The summed E-state index contributed by atoms with van der Waals surface area (Å²) < 4.78 is 0. The van der Waals surface area contributed by atoms with Crippen molar-refractivity contribution < 1.29 is 34.2 Å². The van der Waals surface area contributed by atoms with Gasteiger partial charge in [-0.1, -0.05) is 6.07 Å². The van der Waals surface area contributed by atoms with Crippen molar-refractivity contribution in [3.05, 3.63) is 29.3 Å². The van der Waals surface area contributed by atoms with Gasteiger partial charge in [-0.3, -0.25) is 14.4 Å². The molecule has 1 fully saturated rings. The number of carbonyl (C=O) groups is 5. The Morgan fingerprint density at radius 2 is 1.86 bits per heavy atom. The fourth-order valence-corrected chi connectivity index (χ4v) is 3.14. The number of amides is 3. The summed E-state index contributed by atoms with van der Waals surface area (Å²) in [6.45, 7) is 2.87. The molecule has 4 N–H and O–H groups in total. The lowest BCUT2D eigenvalue weighted by molar-refractivity contribution is -0.148. The number of hydrogen-bond acceptors (Lipinski definition) is 5. The van der Waals surface area contributed by atoms with E-state index in [-0.39, 0.29) is 17.8 Å². The van der Waals surface area contributed by atoms with Crippen LogP contribution >= 0.6 is 0 Å². The van der Waals surface area contributed by atoms with E-state index < -0.39 is 47.3 Å². The van der Waals surface area contributed by atoms with Gasteiger partial charge >= 0.3 is 11.9 Å². The molecule has 1 aliphatic heterocycles. The SMILES string of the molecule is CC(=O)Nc1cccc(C(=O)NC(C)C(=O)N2CCCC2C(=O)O)c1C(=O)O. The van der Waals surface area contributed by atoms with Crippen LogP contribution in [0, 0.1) is 0 Å².